The Morgan fingerprint density at radius 3 is 2.81 bits per heavy atom. The van der Waals surface area contributed by atoms with Crippen LogP contribution in [0.1, 0.15) is 38.6 Å². The molecule has 3 aromatic rings. The van der Waals surface area contributed by atoms with E-state index in [1.165, 1.54) is 31.0 Å². The van der Waals surface area contributed by atoms with Crippen molar-refractivity contribution in [1.29, 1.82) is 0 Å². The predicted octanol–water partition coefficient (Wildman–Crippen LogP) is 4.83. The molecule has 2 aromatic heterocycles. The van der Waals surface area contributed by atoms with E-state index in [0.717, 1.165) is 23.0 Å². The van der Waals surface area contributed by atoms with E-state index in [9.17, 15) is 4.79 Å². The van der Waals surface area contributed by atoms with E-state index in [1.807, 2.05) is 42.6 Å². The molecule has 1 aliphatic rings. The number of nitrogens with one attached hydrogen (secondary N) is 1. The van der Waals surface area contributed by atoms with Crippen LogP contribution in [0.5, 0.6) is 5.75 Å². The third-order valence-electron chi connectivity index (χ3n) is 5.70. The maximum Gasteiger partial charge on any atom is 0.234 e. The van der Waals surface area contributed by atoms with E-state index in [1.54, 1.807) is 13.3 Å². The van der Waals surface area contributed by atoms with Gasteiger partial charge in [-0.3, -0.25) is 14.3 Å². The normalized spacial score (nSPS) is 18.5. The molecule has 4 rings (SSSR count). The molecule has 1 aliphatic carbocycles. The first kappa shape index (κ1) is 21.4. The van der Waals surface area contributed by atoms with Crippen molar-refractivity contribution in [3.63, 3.8) is 0 Å². The Morgan fingerprint density at radius 2 is 2.03 bits per heavy atom. The zero-order chi connectivity index (χ0) is 21.6. The van der Waals surface area contributed by atoms with Crippen LogP contribution >= 0.6 is 11.8 Å². The van der Waals surface area contributed by atoms with Gasteiger partial charge in [-0.25, -0.2) is 0 Å². The van der Waals surface area contributed by atoms with Gasteiger partial charge in [-0.15, -0.1) is 10.2 Å². The molecule has 2 atom stereocenters. The first-order valence-electron chi connectivity index (χ1n) is 10.6. The second-order valence-corrected chi connectivity index (χ2v) is 8.73. The maximum absolute atomic E-state index is 12.6. The SMILES string of the molecule is COc1ccccc1NC(=O)CSc1nnc(-c2cccnc2)n1C1CCCCC1C. The zero-order valence-electron chi connectivity index (χ0n) is 17.8. The van der Waals surface area contributed by atoms with Crippen LogP contribution in [0.3, 0.4) is 0 Å². The van der Waals surface area contributed by atoms with Crippen molar-refractivity contribution < 1.29 is 9.53 Å². The van der Waals surface area contributed by atoms with E-state index in [-0.39, 0.29) is 11.7 Å². The van der Waals surface area contributed by atoms with Crippen LogP contribution < -0.4 is 10.1 Å². The van der Waals surface area contributed by atoms with Crippen LogP contribution in [-0.4, -0.2) is 38.5 Å². The Labute approximate surface area is 186 Å². The van der Waals surface area contributed by atoms with Crippen molar-refractivity contribution in [1.82, 2.24) is 19.7 Å². The summed E-state index contributed by atoms with van der Waals surface area (Å²) in [4.78, 5) is 16.9. The average Bonchev–Trinajstić information content (AvgIpc) is 3.22. The molecule has 1 aromatic carbocycles. The number of hydrogen-bond donors (Lipinski definition) is 1. The molecule has 8 heteroatoms. The number of anilines is 1. The number of carbonyl (C=O) groups is 1. The molecule has 1 saturated carbocycles. The van der Waals surface area contributed by atoms with Gasteiger partial charge in [0.25, 0.3) is 0 Å². The summed E-state index contributed by atoms with van der Waals surface area (Å²) >= 11 is 1.42. The van der Waals surface area contributed by atoms with Gasteiger partial charge in [0.05, 0.1) is 18.6 Å². The average molecular weight is 438 g/mol. The monoisotopic (exact) mass is 437 g/mol. The molecule has 7 nitrogen and oxygen atoms in total. The fraction of sp³-hybridized carbons (Fsp3) is 0.391. The molecule has 31 heavy (non-hydrogen) atoms. The minimum absolute atomic E-state index is 0.108. The van der Waals surface area contributed by atoms with Crippen molar-refractivity contribution in [3.8, 4) is 17.1 Å². The molecule has 1 N–H and O–H groups in total. The maximum atomic E-state index is 12.6. The Morgan fingerprint density at radius 1 is 1.19 bits per heavy atom. The first-order chi connectivity index (χ1) is 15.2. The van der Waals surface area contributed by atoms with E-state index in [2.05, 4.69) is 32.0 Å². The molecular weight excluding hydrogens is 410 g/mol. The number of aromatic nitrogens is 4. The Kier molecular flexibility index (Phi) is 6.86. The van der Waals surface area contributed by atoms with Crippen molar-refractivity contribution in [2.45, 2.75) is 43.8 Å². The molecule has 162 valence electrons. The Hall–Kier alpha value is -2.87. The minimum Gasteiger partial charge on any atom is -0.495 e. The third kappa shape index (κ3) is 4.90. The summed E-state index contributed by atoms with van der Waals surface area (Å²) in [6, 6.07) is 11.6. The third-order valence-corrected chi connectivity index (χ3v) is 6.64. The van der Waals surface area contributed by atoms with Gasteiger partial charge in [0.1, 0.15) is 5.75 Å². The molecule has 0 bridgehead atoms. The quantitative estimate of drug-likeness (QED) is 0.533. The lowest BCUT2D eigenvalue weighted by atomic mass is 9.85. The molecule has 1 amide bonds. The van der Waals surface area contributed by atoms with E-state index in [4.69, 9.17) is 4.74 Å². The van der Waals surface area contributed by atoms with Gasteiger partial charge in [0.15, 0.2) is 11.0 Å². The van der Waals surface area contributed by atoms with Gasteiger partial charge >= 0.3 is 0 Å². The van der Waals surface area contributed by atoms with Gasteiger partial charge in [0.2, 0.25) is 5.91 Å². The van der Waals surface area contributed by atoms with E-state index >= 15 is 0 Å². The number of para-hydroxylation sites is 2. The number of thioether (sulfide) groups is 1. The van der Waals surface area contributed by atoms with Crippen molar-refractivity contribution in [3.05, 3.63) is 48.8 Å². The summed E-state index contributed by atoms with van der Waals surface area (Å²) in [7, 11) is 1.59. The molecular formula is C23H27N5O2S. The molecule has 0 radical (unpaired) electrons. The number of amides is 1. The topological polar surface area (TPSA) is 81.9 Å². The molecule has 1 fully saturated rings. The van der Waals surface area contributed by atoms with Crippen molar-refractivity contribution in [2.24, 2.45) is 5.92 Å². The van der Waals surface area contributed by atoms with Gasteiger partial charge in [-0.2, -0.15) is 0 Å². The lowest BCUT2D eigenvalue weighted by molar-refractivity contribution is -0.113. The zero-order valence-corrected chi connectivity index (χ0v) is 18.6. The lowest BCUT2D eigenvalue weighted by Gasteiger charge is -2.31. The molecule has 2 unspecified atom stereocenters. The second-order valence-electron chi connectivity index (χ2n) is 7.78. The number of hydrogen-bond acceptors (Lipinski definition) is 6. The van der Waals surface area contributed by atoms with Gasteiger partial charge in [0, 0.05) is 24.0 Å². The van der Waals surface area contributed by atoms with Crippen LogP contribution in [0, 0.1) is 5.92 Å². The number of ether oxygens (including phenoxy) is 1. The van der Waals surface area contributed by atoms with Crippen LogP contribution in [0.15, 0.2) is 53.9 Å². The van der Waals surface area contributed by atoms with Crippen LogP contribution in [0.25, 0.3) is 11.4 Å². The van der Waals surface area contributed by atoms with Crippen LogP contribution in [0.2, 0.25) is 0 Å². The van der Waals surface area contributed by atoms with E-state index in [0.29, 0.717) is 23.4 Å². The summed E-state index contributed by atoms with van der Waals surface area (Å²) in [5.74, 6) is 2.12. The highest BCUT2D eigenvalue weighted by Gasteiger charge is 2.29. The van der Waals surface area contributed by atoms with E-state index < -0.39 is 0 Å². The van der Waals surface area contributed by atoms with Crippen molar-refractivity contribution >= 4 is 23.4 Å². The molecule has 0 aliphatic heterocycles. The first-order valence-corrected chi connectivity index (χ1v) is 11.6. The number of rotatable bonds is 7. The highest BCUT2D eigenvalue weighted by Crippen LogP contribution is 2.38. The van der Waals surface area contributed by atoms with Gasteiger partial charge in [-0.05, 0) is 43.0 Å². The number of carbonyl (C=O) groups excluding carboxylic acids is 1. The molecule has 0 spiro atoms. The number of benzene rings is 1. The summed E-state index contributed by atoms with van der Waals surface area (Å²) in [6.45, 7) is 2.29. The lowest BCUT2D eigenvalue weighted by Crippen LogP contribution is -2.23. The Balaban J connectivity index is 1.55. The minimum atomic E-state index is -0.108. The fourth-order valence-corrected chi connectivity index (χ4v) is 4.90. The van der Waals surface area contributed by atoms with Crippen LogP contribution in [0.4, 0.5) is 5.69 Å². The summed E-state index contributed by atoms with van der Waals surface area (Å²) in [5.41, 5.74) is 1.60. The number of nitrogens with zero attached hydrogens (tertiary/aromatic N) is 4. The summed E-state index contributed by atoms with van der Waals surface area (Å²) < 4.78 is 7.54. The number of methoxy groups -OCH3 is 1. The smallest absolute Gasteiger partial charge is 0.234 e. The number of pyridine rings is 1. The highest BCUT2D eigenvalue weighted by molar-refractivity contribution is 7.99. The predicted molar refractivity (Wildman–Crippen MR) is 122 cm³/mol. The van der Waals surface area contributed by atoms with Crippen LogP contribution in [-0.2, 0) is 4.79 Å². The molecule has 0 saturated heterocycles. The van der Waals surface area contributed by atoms with Gasteiger partial charge in [-0.1, -0.05) is 43.7 Å². The van der Waals surface area contributed by atoms with Crippen molar-refractivity contribution in [2.75, 3.05) is 18.2 Å². The summed E-state index contributed by atoms with van der Waals surface area (Å²) in [5, 5.41) is 12.6. The van der Waals surface area contributed by atoms with Gasteiger partial charge < -0.3 is 10.1 Å². The standard InChI is InChI=1S/C23H27N5O2S/c1-16-8-3-5-11-19(16)28-22(17-9-7-13-24-14-17)26-27-23(28)31-15-21(29)25-18-10-4-6-12-20(18)30-2/h4,6-7,9-10,12-14,16,19H,3,5,8,11,15H2,1-2H3,(H,25,29). The molecule has 2 heterocycles. The summed E-state index contributed by atoms with van der Waals surface area (Å²) in [6.07, 6.45) is 8.30. The second kappa shape index (κ2) is 9.96. The Bertz CT molecular complexity index is 1020. The fourth-order valence-electron chi connectivity index (χ4n) is 4.11. The highest BCUT2D eigenvalue weighted by atomic mass is 32.2. The largest absolute Gasteiger partial charge is 0.495 e.